The molecule has 1 aliphatic heterocycles. The molecular weight excluding hydrogens is 172 g/mol. The van der Waals surface area contributed by atoms with Gasteiger partial charge in [0.25, 0.3) is 6.04 Å². The highest BCUT2D eigenvalue weighted by Crippen LogP contribution is 2.17. The van der Waals surface area contributed by atoms with Gasteiger partial charge in [-0.1, -0.05) is 12.2 Å². The van der Waals surface area contributed by atoms with Crippen molar-refractivity contribution in [1.29, 1.82) is 0 Å². The third-order valence-corrected chi connectivity index (χ3v) is 1.86. The molecule has 0 spiro atoms. The maximum Gasteiger partial charge on any atom is 0.321 e. The minimum absolute atomic E-state index is 0.405. The standard InChI is InChI=1S/C8H9N2O3/c1-2-3-6-4-5-9-8(11)7(6)10(12)13/h2,4-7H,1,3H2. The fraction of sp³-hybridized carbons (Fsp3) is 0.375. The van der Waals surface area contributed by atoms with Crippen LogP contribution >= 0.6 is 0 Å². The zero-order valence-corrected chi connectivity index (χ0v) is 6.92. The van der Waals surface area contributed by atoms with E-state index in [1.807, 2.05) is 0 Å². The topological polar surface area (TPSA) is 74.3 Å². The molecular formula is C8H9N2O3. The number of nitro groups is 1. The third-order valence-electron chi connectivity index (χ3n) is 1.86. The van der Waals surface area contributed by atoms with Crippen molar-refractivity contribution in [3.63, 3.8) is 0 Å². The van der Waals surface area contributed by atoms with Gasteiger partial charge in [-0.2, -0.15) is 0 Å². The number of nitrogens with zero attached hydrogens (tertiary/aromatic N) is 2. The maximum atomic E-state index is 11.0. The van der Waals surface area contributed by atoms with Crippen molar-refractivity contribution in [1.82, 2.24) is 5.32 Å². The summed E-state index contributed by atoms with van der Waals surface area (Å²) in [5.74, 6) is -1.09. The molecule has 0 fully saturated rings. The van der Waals surface area contributed by atoms with E-state index < -0.39 is 22.8 Å². The quantitative estimate of drug-likeness (QED) is 0.361. The predicted molar refractivity (Wildman–Crippen MR) is 45.4 cm³/mol. The Kier molecular flexibility index (Phi) is 2.79. The molecule has 1 aliphatic rings. The molecule has 0 bridgehead atoms. The van der Waals surface area contributed by atoms with Crippen LogP contribution in [0.15, 0.2) is 24.9 Å². The minimum Gasteiger partial charge on any atom is -0.265 e. The van der Waals surface area contributed by atoms with Crippen molar-refractivity contribution in [2.24, 2.45) is 5.92 Å². The number of hydrogen-bond acceptors (Lipinski definition) is 3. The van der Waals surface area contributed by atoms with E-state index in [1.165, 1.54) is 6.20 Å². The van der Waals surface area contributed by atoms with E-state index >= 15 is 0 Å². The maximum absolute atomic E-state index is 11.0. The molecule has 13 heavy (non-hydrogen) atoms. The lowest BCUT2D eigenvalue weighted by atomic mass is 9.94. The van der Waals surface area contributed by atoms with Crippen molar-refractivity contribution in [2.45, 2.75) is 12.5 Å². The fourth-order valence-corrected chi connectivity index (χ4v) is 1.24. The highest BCUT2D eigenvalue weighted by atomic mass is 16.6. The Balaban J connectivity index is 2.84. The zero-order valence-electron chi connectivity index (χ0n) is 6.92. The van der Waals surface area contributed by atoms with Gasteiger partial charge in [-0.15, -0.1) is 6.58 Å². The zero-order chi connectivity index (χ0) is 9.84. The molecule has 2 unspecified atom stereocenters. The van der Waals surface area contributed by atoms with Gasteiger partial charge in [0.2, 0.25) is 0 Å². The number of amides is 1. The number of rotatable bonds is 3. The van der Waals surface area contributed by atoms with E-state index in [2.05, 4.69) is 11.9 Å². The summed E-state index contributed by atoms with van der Waals surface area (Å²) in [4.78, 5) is 20.9. The highest BCUT2D eigenvalue weighted by Gasteiger charge is 2.39. The Morgan fingerprint density at radius 1 is 1.77 bits per heavy atom. The molecule has 0 saturated heterocycles. The van der Waals surface area contributed by atoms with Crippen LogP contribution < -0.4 is 5.32 Å². The molecule has 0 aromatic carbocycles. The van der Waals surface area contributed by atoms with Gasteiger partial charge in [-0.25, -0.2) is 5.32 Å². The fourth-order valence-electron chi connectivity index (χ4n) is 1.24. The van der Waals surface area contributed by atoms with E-state index in [0.29, 0.717) is 6.42 Å². The number of carbonyl (C=O) groups excluding carboxylic acids is 1. The summed E-state index contributed by atoms with van der Waals surface area (Å²) < 4.78 is 0. The molecule has 0 aromatic heterocycles. The Morgan fingerprint density at radius 3 is 3.00 bits per heavy atom. The van der Waals surface area contributed by atoms with Crippen molar-refractivity contribution >= 4 is 5.91 Å². The van der Waals surface area contributed by atoms with Crippen molar-refractivity contribution < 1.29 is 9.72 Å². The third kappa shape index (κ3) is 1.93. The summed E-state index contributed by atoms with van der Waals surface area (Å²) in [5, 5.41) is 13.9. The van der Waals surface area contributed by atoms with Crippen LogP contribution in [0.5, 0.6) is 0 Å². The van der Waals surface area contributed by atoms with Gasteiger partial charge in [0.1, 0.15) is 0 Å². The van der Waals surface area contributed by atoms with Gasteiger partial charge in [0, 0.05) is 11.1 Å². The Morgan fingerprint density at radius 2 is 2.46 bits per heavy atom. The second-order valence-electron chi connectivity index (χ2n) is 2.73. The first-order chi connectivity index (χ1) is 6.16. The number of carbonyl (C=O) groups is 1. The van der Waals surface area contributed by atoms with Gasteiger partial charge in [0.15, 0.2) is 0 Å². The Labute approximate surface area is 75.3 Å². The second-order valence-corrected chi connectivity index (χ2v) is 2.73. The number of hydrogen-bond donors (Lipinski definition) is 0. The summed E-state index contributed by atoms with van der Waals surface area (Å²) in [5.41, 5.74) is 0. The first-order valence-corrected chi connectivity index (χ1v) is 3.82. The van der Waals surface area contributed by atoms with Gasteiger partial charge in [0.05, 0.1) is 5.92 Å². The van der Waals surface area contributed by atoms with Gasteiger partial charge < -0.3 is 0 Å². The molecule has 0 aliphatic carbocycles. The smallest absolute Gasteiger partial charge is 0.265 e. The largest absolute Gasteiger partial charge is 0.321 e. The van der Waals surface area contributed by atoms with E-state index in [4.69, 9.17) is 0 Å². The lowest BCUT2D eigenvalue weighted by Gasteiger charge is -2.17. The molecule has 5 heteroatoms. The van der Waals surface area contributed by atoms with Crippen LogP contribution in [0.25, 0.3) is 0 Å². The van der Waals surface area contributed by atoms with Crippen LogP contribution in [0, 0.1) is 16.0 Å². The second kappa shape index (κ2) is 3.84. The highest BCUT2D eigenvalue weighted by molar-refractivity contribution is 5.82. The van der Waals surface area contributed by atoms with E-state index in [-0.39, 0.29) is 0 Å². The molecule has 0 aromatic rings. The van der Waals surface area contributed by atoms with Crippen LogP contribution in [0.2, 0.25) is 0 Å². The Bertz CT molecular complexity index is 273. The molecule has 1 rings (SSSR count). The monoisotopic (exact) mass is 181 g/mol. The summed E-state index contributed by atoms with van der Waals surface area (Å²) in [6.45, 7) is 3.48. The summed E-state index contributed by atoms with van der Waals surface area (Å²) in [6.07, 6.45) is 4.86. The summed E-state index contributed by atoms with van der Waals surface area (Å²) >= 11 is 0. The molecule has 1 amide bonds. The van der Waals surface area contributed by atoms with E-state index in [9.17, 15) is 14.9 Å². The first-order valence-electron chi connectivity index (χ1n) is 3.82. The molecule has 5 nitrogen and oxygen atoms in total. The van der Waals surface area contributed by atoms with E-state index in [1.54, 1.807) is 12.2 Å². The van der Waals surface area contributed by atoms with Crippen molar-refractivity contribution in [2.75, 3.05) is 0 Å². The average Bonchev–Trinajstić information content (AvgIpc) is 2.04. The van der Waals surface area contributed by atoms with Crippen LogP contribution in [0.1, 0.15) is 6.42 Å². The normalized spacial score (nSPS) is 26.6. The van der Waals surface area contributed by atoms with Gasteiger partial charge in [-0.05, 0) is 6.42 Å². The molecule has 1 radical (unpaired) electrons. The lowest BCUT2D eigenvalue weighted by molar-refractivity contribution is -0.514. The van der Waals surface area contributed by atoms with Crippen molar-refractivity contribution in [3.8, 4) is 0 Å². The van der Waals surface area contributed by atoms with E-state index in [0.717, 1.165) is 0 Å². The van der Waals surface area contributed by atoms with Gasteiger partial charge >= 0.3 is 5.91 Å². The SMILES string of the molecule is C=CCC1C=C[N]C(=O)C1[N+](=O)[O-]. The summed E-state index contributed by atoms with van der Waals surface area (Å²) in [7, 11) is 0. The van der Waals surface area contributed by atoms with Crippen LogP contribution in [-0.4, -0.2) is 16.9 Å². The molecule has 1 heterocycles. The van der Waals surface area contributed by atoms with Gasteiger partial charge in [-0.3, -0.25) is 14.9 Å². The number of allylic oxidation sites excluding steroid dienone is 1. The molecule has 0 N–H and O–H groups in total. The summed E-state index contributed by atoms with van der Waals surface area (Å²) in [6, 6.07) is -1.23. The lowest BCUT2D eigenvalue weighted by Crippen LogP contribution is -2.42. The minimum atomic E-state index is -1.23. The van der Waals surface area contributed by atoms with Crippen LogP contribution in [0.3, 0.4) is 0 Å². The van der Waals surface area contributed by atoms with Crippen molar-refractivity contribution in [3.05, 3.63) is 35.0 Å². The first kappa shape index (κ1) is 9.44. The molecule has 2 atom stereocenters. The predicted octanol–water partition coefficient (Wildman–Crippen LogP) is 0.482. The van der Waals surface area contributed by atoms with Crippen LogP contribution in [-0.2, 0) is 4.79 Å². The Hall–Kier alpha value is -1.65. The average molecular weight is 181 g/mol. The molecule has 69 valence electrons. The molecule has 0 saturated carbocycles. The van der Waals surface area contributed by atoms with Crippen LogP contribution in [0.4, 0.5) is 0 Å².